The minimum Gasteiger partial charge on any atom is -0.327 e. The first-order valence-corrected chi connectivity index (χ1v) is 7.21. The second kappa shape index (κ2) is 6.36. The molecule has 0 saturated carbocycles. The van der Waals surface area contributed by atoms with E-state index < -0.39 is 0 Å². The van der Waals surface area contributed by atoms with Crippen molar-refractivity contribution in [2.45, 2.75) is 44.6 Å². The second-order valence-corrected chi connectivity index (χ2v) is 5.82. The van der Waals surface area contributed by atoms with E-state index in [0.29, 0.717) is 0 Å². The summed E-state index contributed by atoms with van der Waals surface area (Å²) in [5.41, 5.74) is 9.12. The van der Waals surface area contributed by atoms with Crippen molar-refractivity contribution >= 4 is 15.9 Å². The van der Waals surface area contributed by atoms with Crippen molar-refractivity contribution in [3.63, 3.8) is 0 Å². The van der Waals surface area contributed by atoms with Gasteiger partial charge in [-0.3, -0.25) is 0 Å². The van der Waals surface area contributed by atoms with Crippen molar-refractivity contribution < 1.29 is 0 Å². The highest BCUT2D eigenvalue weighted by Crippen LogP contribution is 2.22. The summed E-state index contributed by atoms with van der Waals surface area (Å²) in [5, 5.41) is 0. The van der Waals surface area contributed by atoms with Gasteiger partial charge in [-0.25, -0.2) is 0 Å². The van der Waals surface area contributed by atoms with Crippen molar-refractivity contribution in [1.29, 1.82) is 0 Å². The van der Waals surface area contributed by atoms with Crippen LogP contribution in [0.25, 0.3) is 0 Å². The number of hydrogen-bond donors (Lipinski definition) is 1. The van der Waals surface area contributed by atoms with Crippen LogP contribution in [0, 0.1) is 0 Å². The fraction of sp³-hybridized carbons (Fsp3) is 0.467. The second-order valence-electron chi connectivity index (χ2n) is 4.90. The van der Waals surface area contributed by atoms with Crippen LogP contribution in [-0.2, 0) is 6.42 Å². The molecule has 0 bridgehead atoms. The molecule has 0 radical (unpaired) electrons. The van der Waals surface area contributed by atoms with Gasteiger partial charge in [0.15, 0.2) is 0 Å². The minimum absolute atomic E-state index is 0.264. The molecule has 2 N–H and O–H groups in total. The first-order chi connectivity index (χ1) is 8.24. The van der Waals surface area contributed by atoms with Gasteiger partial charge in [0.05, 0.1) is 0 Å². The molecule has 1 aromatic carbocycles. The molecule has 2 heteroatoms. The molecule has 1 aliphatic carbocycles. The third kappa shape index (κ3) is 4.29. The lowest BCUT2D eigenvalue weighted by Crippen LogP contribution is -2.23. The molecule has 17 heavy (non-hydrogen) atoms. The average molecular weight is 294 g/mol. The van der Waals surface area contributed by atoms with Gasteiger partial charge in [0, 0.05) is 10.5 Å². The Kier molecular flexibility index (Phi) is 4.81. The molecule has 2 rings (SSSR count). The van der Waals surface area contributed by atoms with Crippen molar-refractivity contribution in [3.8, 4) is 0 Å². The van der Waals surface area contributed by atoms with E-state index in [-0.39, 0.29) is 6.04 Å². The van der Waals surface area contributed by atoms with E-state index in [0.717, 1.165) is 17.3 Å². The van der Waals surface area contributed by atoms with Gasteiger partial charge in [0.2, 0.25) is 0 Å². The largest absolute Gasteiger partial charge is 0.327 e. The maximum absolute atomic E-state index is 6.22. The smallest absolute Gasteiger partial charge is 0.0175 e. The standard InChI is InChI=1S/C15H20BrN/c16-14-8-6-13(7-9-14)11-15(17)10-12-4-2-1-3-5-12/h4,6-9,15H,1-3,5,10-11,17H2. The van der Waals surface area contributed by atoms with E-state index in [9.17, 15) is 0 Å². The Morgan fingerprint density at radius 2 is 1.88 bits per heavy atom. The highest BCUT2D eigenvalue weighted by atomic mass is 79.9. The maximum Gasteiger partial charge on any atom is 0.0175 e. The van der Waals surface area contributed by atoms with Crippen LogP contribution in [-0.4, -0.2) is 6.04 Å². The molecule has 0 fully saturated rings. The highest BCUT2D eigenvalue weighted by Gasteiger charge is 2.09. The molecule has 1 atom stereocenters. The fourth-order valence-corrected chi connectivity index (χ4v) is 2.69. The zero-order valence-electron chi connectivity index (χ0n) is 10.2. The first kappa shape index (κ1) is 12.8. The Morgan fingerprint density at radius 3 is 2.53 bits per heavy atom. The van der Waals surface area contributed by atoms with Gasteiger partial charge >= 0.3 is 0 Å². The molecule has 92 valence electrons. The predicted molar refractivity (Wildman–Crippen MR) is 77.0 cm³/mol. The molecule has 0 aromatic heterocycles. The fourth-order valence-electron chi connectivity index (χ4n) is 2.42. The van der Waals surface area contributed by atoms with Gasteiger partial charge in [-0.05, 0) is 56.2 Å². The number of hydrogen-bond acceptors (Lipinski definition) is 1. The monoisotopic (exact) mass is 293 g/mol. The maximum atomic E-state index is 6.22. The third-order valence-corrected chi connectivity index (χ3v) is 3.85. The highest BCUT2D eigenvalue weighted by molar-refractivity contribution is 9.10. The molecule has 0 spiro atoms. The van der Waals surface area contributed by atoms with E-state index >= 15 is 0 Å². The van der Waals surface area contributed by atoms with E-state index in [2.05, 4.69) is 46.3 Å². The zero-order valence-corrected chi connectivity index (χ0v) is 11.7. The zero-order chi connectivity index (χ0) is 12.1. The number of allylic oxidation sites excluding steroid dienone is 1. The summed E-state index contributed by atoms with van der Waals surface area (Å²) in [6.45, 7) is 0. The molecule has 1 unspecified atom stereocenters. The molecule has 0 heterocycles. The number of halogens is 1. The summed E-state index contributed by atoms with van der Waals surface area (Å²) in [4.78, 5) is 0. The summed E-state index contributed by atoms with van der Waals surface area (Å²) >= 11 is 3.45. The van der Waals surface area contributed by atoms with Crippen LogP contribution in [0.15, 0.2) is 40.4 Å². The topological polar surface area (TPSA) is 26.0 Å². The lowest BCUT2D eigenvalue weighted by Gasteiger charge is -2.17. The molecular weight excluding hydrogens is 274 g/mol. The van der Waals surface area contributed by atoms with Gasteiger partial charge < -0.3 is 5.73 Å². The van der Waals surface area contributed by atoms with Crippen LogP contribution < -0.4 is 5.73 Å². The van der Waals surface area contributed by atoms with E-state index in [1.807, 2.05) is 0 Å². The van der Waals surface area contributed by atoms with Crippen LogP contribution in [0.1, 0.15) is 37.7 Å². The van der Waals surface area contributed by atoms with Crippen LogP contribution in [0.4, 0.5) is 0 Å². The van der Waals surface area contributed by atoms with Crippen molar-refractivity contribution in [2.75, 3.05) is 0 Å². The van der Waals surface area contributed by atoms with E-state index in [4.69, 9.17) is 5.73 Å². The molecule has 1 aromatic rings. The van der Waals surface area contributed by atoms with Crippen LogP contribution in [0.5, 0.6) is 0 Å². The molecule has 0 saturated heterocycles. The molecule has 1 nitrogen and oxygen atoms in total. The third-order valence-electron chi connectivity index (χ3n) is 3.32. The Bertz CT molecular complexity index is 380. The quantitative estimate of drug-likeness (QED) is 0.827. The van der Waals surface area contributed by atoms with Gasteiger partial charge in [-0.2, -0.15) is 0 Å². The Morgan fingerprint density at radius 1 is 1.12 bits per heavy atom. The Labute approximate surface area is 112 Å². The summed E-state index contributed by atoms with van der Waals surface area (Å²) < 4.78 is 1.13. The molecule has 0 aliphatic heterocycles. The minimum atomic E-state index is 0.264. The van der Waals surface area contributed by atoms with Crippen molar-refractivity contribution in [3.05, 3.63) is 46.0 Å². The van der Waals surface area contributed by atoms with E-state index in [1.54, 1.807) is 5.57 Å². The van der Waals surface area contributed by atoms with Gasteiger partial charge in [0.25, 0.3) is 0 Å². The van der Waals surface area contributed by atoms with Crippen LogP contribution in [0.3, 0.4) is 0 Å². The summed E-state index contributed by atoms with van der Waals surface area (Å²) in [7, 11) is 0. The summed E-state index contributed by atoms with van der Waals surface area (Å²) in [5.74, 6) is 0. The van der Waals surface area contributed by atoms with Gasteiger partial charge in [0.1, 0.15) is 0 Å². The number of rotatable bonds is 4. The number of nitrogens with two attached hydrogens (primary N) is 1. The lowest BCUT2D eigenvalue weighted by atomic mass is 9.92. The summed E-state index contributed by atoms with van der Waals surface area (Å²) in [6.07, 6.45) is 9.64. The van der Waals surface area contributed by atoms with Crippen molar-refractivity contribution in [2.24, 2.45) is 5.73 Å². The predicted octanol–water partition coefficient (Wildman–Crippen LogP) is 4.21. The van der Waals surface area contributed by atoms with Crippen molar-refractivity contribution in [1.82, 2.24) is 0 Å². The molecule has 0 amide bonds. The van der Waals surface area contributed by atoms with Gasteiger partial charge in [-0.15, -0.1) is 0 Å². The lowest BCUT2D eigenvalue weighted by molar-refractivity contribution is 0.605. The average Bonchev–Trinajstić information content (AvgIpc) is 2.33. The van der Waals surface area contributed by atoms with Crippen LogP contribution in [0.2, 0.25) is 0 Å². The van der Waals surface area contributed by atoms with Crippen LogP contribution >= 0.6 is 15.9 Å². The Hall–Kier alpha value is -0.600. The SMILES string of the molecule is NC(CC1=CCCCC1)Cc1ccc(Br)cc1. The molecular formula is C15H20BrN. The van der Waals surface area contributed by atoms with E-state index in [1.165, 1.54) is 31.2 Å². The normalized spacial score (nSPS) is 17.6. The molecule has 1 aliphatic rings. The Balaban J connectivity index is 1.86. The number of benzene rings is 1. The van der Waals surface area contributed by atoms with Gasteiger partial charge in [-0.1, -0.05) is 39.7 Å². The first-order valence-electron chi connectivity index (χ1n) is 6.42. The summed E-state index contributed by atoms with van der Waals surface area (Å²) in [6, 6.07) is 8.74.